The normalized spacial score (nSPS) is 10.9. The molecule has 1 N–H and O–H groups in total. The first-order valence-electron chi connectivity index (χ1n) is 9.13. The fourth-order valence-electron chi connectivity index (χ4n) is 2.71. The highest BCUT2D eigenvalue weighted by Crippen LogP contribution is 2.26. The van der Waals surface area contributed by atoms with Gasteiger partial charge in [-0.15, -0.1) is 0 Å². The molecule has 0 heterocycles. The molecule has 0 saturated heterocycles. The summed E-state index contributed by atoms with van der Waals surface area (Å²) in [5.74, 6) is 2.79. The molecule has 3 aromatic rings. The lowest BCUT2D eigenvalue weighted by Crippen LogP contribution is -2.01. The van der Waals surface area contributed by atoms with Gasteiger partial charge in [-0.25, -0.2) is 0 Å². The maximum Gasteiger partial charge on any atom is 0.187 e. The van der Waals surface area contributed by atoms with E-state index in [-0.39, 0.29) is 5.78 Å². The first-order chi connectivity index (χ1) is 14.1. The van der Waals surface area contributed by atoms with Crippen molar-refractivity contribution in [3.8, 4) is 23.0 Å². The number of ketones is 1. The van der Waals surface area contributed by atoms with Gasteiger partial charge in [0.15, 0.2) is 5.78 Å². The van der Waals surface area contributed by atoms with E-state index in [2.05, 4.69) is 5.32 Å². The summed E-state index contributed by atoms with van der Waals surface area (Å²) < 4.78 is 16.1. The summed E-state index contributed by atoms with van der Waals surface area (Å²) in [5.41, 5.74) is 2.21. The highest BCUT2D eigenvalue weighted by atomic mass is 16.5. The topological polar surface area (TPSA) is 56.8 Å². The molecule has 3 rings (SSSR count). The highest BCUT2D eigenvalue weighted by Gasteiger charge is 2.05. The molecule has 0 atom stereocenters. The number of benzene rings is 3. The zero-order chi connectivity index (χ0) is 20.6. The Morgan fingerprint density at radius 2 is 1.41 bits per heavy atom. The molecule has 0 spiro atoms. The second-order valence-electron chi connectivity index (χ2n) is 6.35. The minimum atomic E-state index is -0.0735. The van der Waals surface area contributed by atoms with Crippen LogP contribution in [0.4, 0.5) is 5.69 Å². The van der Waals surface area contributed by atoms with Crippen LogP contribution >= 0.6 is 0 Å². The van der Waals surface area contributed by atoms with Gasteiger partial charge in [-0.3, -0.25) is 4.79 Å². The average Bonchev–Trinajstić information content (AvgIpc) is 2.75. The van der Waals surface area contributed by atoms with Gasteiger partial charge in [0, 0.05) is 29.1 Å². The van der Waals surface area contributed by atoms with Gasteiger partial charge in [-0.1, -0.05) is 6.07 Å². The van der Waals surface area contributed by atoms with Crippen molar-refractivity contribution in [1.82, 2.24) is 0 Å². The number of anilines is 1. The van der Waals surface area contributed by atoms with E-state index >= 15 is 0 Å². The number of allylic oxidation sites excluding steroid dienone is 2. The fourth-order valence-corrected chi connectivity index (χ4v) is 2.71. The van der Waals surface area contributed by atoms with Crippen LogP contribution < -0.4 is 19.5 Å². The fraction of sp³-hybridized carbons (Fsp3) is 0.125. The van der Waals surface area contributed by atoms with Crippen molar-refractivity contribution in [1.29, 1.82) is 0 Å². The summed E-state index contributed by atoms with van der Waals surface area (Å²) in [6.07, 6.45) is 1.57. The van der Waals surface area contributed by atoms with Crippen molar-refractivity contribution < 1.29 is 19.0 Å². The van der Waals surface area contributed by atoms with Crippen LogP contribution in [0.25, 0.3) is 0 Å². The van der Waals surface area contributed by atoms with Crippen molar-refractivity contribution in [2.75, 3.05) is 19.5 Å². The molecule has 0 aliphatic rings. The van der Waals surface area contributed by atoms with Crippen LogP contribution in [0.5, 0.6) is 23.0 Å². The predicted molar refractivity (Wildman–Crippen MR) is 114 cm³/mol. The van der Waals surface area contributed by atoms with Crippen LogP contribution in [0.1, 0.15) is 17.3 Å². The second-order valence-corrected chi connectivity index (χ2v) is 6.35. The molecule has 148 valence electrons. The average molecular weight is 389 g/mol. The lowest BCUT2D eigenvalue weighted by Gasteiger charge is -2.10. The molecular formula is C24H23NO4. The number of nitrogens with one attached hydrogen (secondary N) is 1. The molecule has 0 aliphatic heterocycles. The third-order valence-electron chi connectivity index (χ3n) is 4.19. The Balaban J connectivity index is 1.62. The van der Waals surface area contributed by atoms with Gasteiger partial charge in [0.25, 0.3) is 0 Å². The monoisotopic (exact) mass is 389 g/mol. The Morgan fingerprint density at radius 1 is 0.793 bits per heavy atom. The van der Waals surface area contributed by atoms with Crippen LogP contribution in [-0.2, 0) is 0 Å². The molecule has 0 radical (unpaired) electrons. The van der Waals surface area contributed by atoms with E-state index in [1.807, 2.05) is 55.5 Å². The maximum absolute atomic E-state index is 12.4. The van der Waals surface area contributed by atoms with E-state index in [1.165, 1.54) is 0 Å². The largest absolute Gasteiger partial charge is 0.497 e. The summed E-state index contributed by atoms with van der Waals surface area (Å²) in [5, 5.41) is 3.21. The summed E-state index contributed by atoms with van der Waals surface area (Å²) in [4.78, 5) is 12.4. The molecule has 0 aliphatic carbocycles. The first kappa shape index (κ1) is 20.0. The highest BCUT2D eigenvalue weighted by molar-refractivity contribution is 6.05. The minimum Gasteiger partial charge on any atom is -0.497 e. The lowest BCUT2D eigenvalue weighted by atomic mass is 10.1. The SMILES string of the molecule is COc1ccc(C(=O)/C=C(\C)Nc2ccc(Oc3cccc(OC)c3)cc2)cc1. The summed E-state index contributed by atoms with van der Waals surface area (Å²) >= 11 is 0. The molecule has 3 aromatic carbocycles. The Kier molecular flexibility index (Phi) is 6.53. The van der Waals surface area contributed by atoms with Crippen LogP contribution in [0.2, 0.25) is 0 Å². The van der Waals surface area contributed by atoms with Gasteiger partial charge >= 0.3 is 0 Å². The second kappa shape index (κ2) is 9.46. The van der Waals surface area contributed by atoms with Gasteiger partial charge in [0.2, 0.25) is 0 Å². The summed E-state index contributed by atoms with van der Waals surface area (Å²) in [6, 6.07) is 22.0. The van der Waals surface area contributed by atoms with Crippen molar-refractivity contribution in [2.45, 2.75) is 6.92 Å². The van der Waals surface area contributed by atoms with Crippen LogP contribution in [0.3, 0.4) is 0 Å². The Bertz CT molecular complexity index is 992. The van der Waals surface area contributed by atoms with Crippen LogP contribution in [0.15, 0.2) is 84.6 Å². The van der Waals surface area contributed by atoms with Gasteiger partial charge < -0.3 is 19.5 Å². The third kappa shape index (κ3) is 5.62. The molecular weight excluding hydrogens is 366 g/mol. The lowest BCUT2D eigenvalue weighted by molar-refractivity contribution is 0.104. The third-order valence-corrected chi connectivity index (χ3v) is 4.19. The summed E-state index contributed by atoms with van der Waals surface area (Å²) in [7, 11) is 3.21. The van der Waals surface area contributed by atoms with E-state index < -0.39 is 0 Å². The molecule has 0 amide bonds. The van der Waals surface area contributed by atoms with Gasteiger partial charge in [0.1, 0.15) is 23.0 Å². The van der Waals surface area contributed by atoms with E-state index in [0.29, 0.717) is 17.1 Å². The number of rotatable bonds is 8. The zero-order valence-electron chi connectivity index (χ0n) is 16.6. The smallest absolute Gasteiger partial charge is 0.187 e. The number of hydrogen-bond donors (Lipinski definition) is 1. The standard InChI is InChI=1S/C24H23NO4/c1-17(15-24(26)18-7-11-20(27-2)12-8-18)25-19-9-13-21(14-10-19)29-23-6-4-5-22(16-23)28-3/h4-16,25H,1-3H3/b17-15+. The van der Waals surface area contributed by atoms with E-state index in [1.54, 1.807) is 44.6 Å². The number of carbonyl (C=O) groups excluding carboxylic acids is 1. The van der Waals surface area contributed by atoms with Gasteiger partial charge in [-0.05, 0) is 67.6 Å². The van der Waals surface area contributed by atoms with Gasteiger partial charge in [0.05, 0.1) is 14.2 Å². The van der Waals surface area contributed by atoms with Crippen molar-refractivity contribution >= 4 is 11.5 Å². The zero-order valence-corrected chi connectivity index (χ0v) is 16.6. The summed E-state index contributed by atoms with van der Waals surface area (Å²) in [6.45, 7) is 1.85. The number of methoxy groups -OCH3 is 2. The molecule has 0 aromatic heterocycles. The van der Waals surface area contributed by atoms with Crippen molar-refractivity contribution in [2.24, 2.45) is 0 Å². The van der Waals surface area contributed by atoms with Crippen LogP contribution in [-0.4, -0.2) is 20.0 Å². The quantitative estimate of drug-likeness (QED) is 0.396. The molecule has 0 fully saturated rings. The number of ether oxygens (including phenoxy) is 3. The Hall–Kier alpha value is -3.73. The van der Waals surface area contributed by atoms with E-state index in [4.69, 9.17) is 14.2 Å². The molecule has 0 unspecified atom stereocenters. The molecule has 0 saturated carbocycles. The molecule has 29 heavy (non-hydrogen) atoms. The van der Waals surface area contributed by atoms with Gasteiger partial charge in [-0.2, -0.15) is 0 Å². The van der Waals surface area contributed by atoms with Crippen molar-refractivity contribution in [3.05, 3.63) is 90.1 Å². The Labute approximate surface area is 170 Å². The number of carbonyl (C=O) groups is 1. The Morgan fingerprint density at radius 3 is 2.07 bits per heavy atom. The van der Waals surface area contributed by atoms with E-state index in [9.17, 15) is 4.79 Å². The predicted octanol–water partition coefficient (Wildman–Crippen LogP) is 5.69. The minimum absolute atomic E-state index is 0.0735. The molecule has 5 nitrogen and oxygen atoms in total. The first-order valence-corrected chi connectivity index (χ1v) is 9.13. The molecule has 0 bridgehead atoms. The van der Waals surface area contributed by atoms with E-state index in [0.717, 1.165) is 22.9 Å². The molecule has 5 heteroatoms. The number of hydrogen-bond acceptors (Lipinski definition) is 5. The van der Waals surface area contributed by atoms with Crippen LogP contribution in [0, 0.1) is 0 Å². The van der Waals surface area contributed by atoms with Crippen molar-refractivity contribution in [3.63, 3.8) is 0 Å². The maximum atomic E-state index is 12.4.